The molecule has 1 aromatic carbocycles. The molecule has 5 heteroatoms. The van der Waals surface area contributed by atoms with Gasteiger partial charge in [-0.2, -0.15) is 0 Å². The Kier molecular flexibility index (Phi) is 5.19. The Labute approximate surface area is 132 Å². The number of hydrogen-bond acceptors (Lipinski definition) is 3. The van der Waals surface area contributed by atoms with Crippen LogP contribution in [0.1, 0.15) is 31.0 Å². The summed E-state index contributed by atoms with van der Waals surface area (Å²) in [5, 5.41) is 0. The molecule has 1 aromatic heterocycles. The van der Waals surface area contributed by atoms with Crippen molar-refractivity contribution < 1.29 is 8.42 Å². The normalized spacial score (nSPS) is 11.6. The standard InChI is InChI=1S/C17H22N2O2S/c1-14(2)15-7-9-17(10-8-15)19(22(3,20)21)13-11-16-6-4-5-12-18-16/h4-10,12,14H,11,13H2,1-3H3. The third kappa shape index (κ3) is 4.31. The minimum absolute atomic E-state index is 0.386. The Balaban J connectivity index is 2.20. The molecule has 4 nitrogen and oxygen atoms in total. The zero-order chi connectivity index (χ0) is 16.2. The summed E-state index contributed by atoms with van der Waals surface area (Å²) in [5.74, 6) is 0.425. The Morgan fingerprint density at radius 2 is 1.77 bits per heavy atom. The summed E-state index contributed by atoms with van der Waals surface area (Å²) >= 11 is 0. The number of pyridine rings is 1. The molecule has 22 heavy (non-hydrogen) atoms. The van der Waals surface area contributed by atoms with Crippen LogP contribution in [-0.4, -0.2) is 26.2 Å². The van der Waals surface area contributed by atoms with E-state index in [9.17, 15) is 8.42 Å². The number of hydrogen-bond donors (Lipinski definition) is 0. The third-order valence-corrected chi connectivity index (χ3v) is 4.74. The Bertz CT molecular complexity index is 695. The molecule has 2 rings (SSSR count). The monoisotopic (exact) mass is 318 g/mol. The molecular formula is C17H22N2O2S. The van der Waals surface area contributed by atoms with Crippen molar-refractivity contribution in [2.75, 3.05) is 17.1 Å². The molecule has 2 aromatic rings. The number of sulfonamides is 1. The summed E-state index contributed by atoms with van der Waals surface area (Å²) in [5.41, 5.74) is 2.78. The molecule has 0 saturated carbocycles. The van der Waals surface area contributed by atoms with Crippen LogP contribution in [0.25, 0.3) is 0 Å². The van der Waals surface area contributed by atoms with E-state index >= 15 is 0 Å². The maximum atomic E-state index is 12.1. The number of nitrogens with zero attached hydrogens (tertiary/aromatic N) is 2. The van der Waals surface area contributed by atoms with Gasteiger partial charge < -0.3 is 0 Å². The molecule has 1 heterocycles. The molecule has 0 aliphatic rings. The van der Waals surface area contributed by atoms with Crippen LogP contribution in [0, 0.1) is 0 Å². The fourth-order valence-corrected chi connectivity index (χ4v) is 3.20. The van der Waals surface area contributed by atoms with Gasteiger partial charge in [0.15, 0.2) is 0 Å². The average Bonchev–Trinajstić information content (AvgIpc) is 2.47. The van der Waals surface area contributed by atoms with Crippen LogP contribution in [0.2, 0.25) is 0 Å². The molecule has 0 aliphatic carbocycles. The summed E-state index contributed by atoms with van der Waals surface area (Å²) in [7, 11) is -3.32. The minimum Gasteiger partial charge on any atom is -0.270 e. The highest BCUT2D eigenvalue weighted by Gasteiger charge is 2.17. The van der Waals surface area contributed by atoms with Crippen molar-refractivity contribution in [3.63, 3.8) is 0 Å². The van der Waals surface area contributed by atoms with Crippen LogP contribution >= 0.6 is 0 Å². The first-order valence-corrected chi connectivity index (χ1v) is 9.20. The Hall–Kier alpha value is -1.88. The molecule has 0 amide bonds. The van der Waals surface area contributed by atoms with Crippen molar-refractivity contribution in [2.45, 2.75) is 26.2 Å². The van der Waals surface area contributed by atoms with E-state index in [0.29, 0.717) is 24.6 Å². The zero-order valence-corrected chi connectivity index (χ0v) is 14.0. The molecule has 0 fully saturated rings. The number of benzene rings is 1. The van der Waals surface area contributed by atoms with Crippen molar-refractivity contribution in [3.8, 4) is 0 Å². The lowest BCUT2D eigenvalue weighted by Crippen LogP contribution is -2.32. The molecule has 0 aliphatic heterocycles. The molecule has 0 N–H and O–H groups in total. The van der Waals surface area contributed by atoms with E-state index in [1.54, 1.807) is 6.20 Å². The second kappa shape index (κ2) is 6.92. The Morgan fingerprint density at radius 1 is 1.09 bits per heavy atom. The molecule has 0 radical (unpaired) electrons. The minimum atomic E-state index is -3.32. The van der Waals surface area contributed by atoms with Gasteiger partial charge in [0.2, 0.25) is 10.0 Å². The van der Waals surface area contributed by atoms with E-state index in [-0.39, 0.29) is 0 Å². The van der Waals surface area contributed by atoms with E-state index in [2.05, 4.69) is 18.8 Å². The van der Waals surface area contributed by atoms with Crippen molar-refractivity contribution in [1.82, 2.24) is 4.98 Å². The second-order valence-electron chi connectivity index (χ2n) is 5.65. The van der Waals surface area contributed by atoms with Crippen LogP contribution < -0.4 is 4.31 Å². The summed E-state index contributed by atoms with van der Waals surface area (Å²) in [6.45, 7) is 4.62. The molecule has 0 spiro atoms. The molecular weight excluding hydrogens is 296 g/mol. The van der Waals surface area contributed by atoms with Gasteiger partial charge in [-0.05, 0) is 35.7 Å². The van der Waals surface area contributed by atoms with Gasteiger partial charge in [0.05, 0.1) is 11.9 Å². The predicted molar refractivity (Wildman–Crippen MR) is 90.7 cm³/mol. The lowest BCUT2D eigenvalue weighted by Gasteiger charge is -2.22. The average molecular weight is 318 g/mol. The quantitative estimate of drug-likeness (QED) is 0.822. The van der Waals surface area contributed by atoms with Crippen LogP contribution in [0.5, 0.6) is 0 Å². The van der Waals surface area contributed by atoms with Gasteiger partial charge in [-0.25, -0.2) is 8.42 Å². The van der Waals surface area contributed by atoms with Crippen LogP contribution in [0.3, 0.4) is 0 Å². The van der Waals surface area contributed by atoms with Gasteiger partial charge in [-0.3, -0.25) is 9.29 Å². The maximum absolute atomic E-state index is 12.1. The lowest BCUT2D eigenvalue weighted by molar-refractivity contribution is 0.596. The second-order valence-corrected chi connectivity index (χ2v) is 7.56. The maximum Gasteiger partial charge on any atom is 0.232 e. The number of rotatable bonds is 6. The molecule has 0 atom stereocenters. The predicted octanol–water partition coefficient (Wildman–Crippen LogP) is 3.21. The van der Waals surface area contributed by atoms with Gasteiger partial charge in [0.25, 0.3) is 0 Å². The van der Waals surface area contributed by atoms with E-state index in [1.807, 2.05) is 42.5 Å². The van der Waals surface area contributed by atoms with Gasteiger partial charge in [0, 0.05) is 24.9 Å². The first kappa shape index (κ1) is 16.5. The van der Waals surface area contributed by atoms with Gasteiger partial charge >= 0.3 is 0 Å². The fraction of sp³-hybridized carbons (Fsp3) is 0.353. The van der Waals surface area contributed by atoms with Gasteiger partial charge in [-0.15, -0.1) is 0 Å². The van der Waals surface area contributed by atoms with Crippen molar-refractivity contribution in [3.05, 3.63) is 59.9 Å². The van der Waals surface area contributed by atoms with Crippen molar-refractivity contribution in [1.29, 1.82) is 0 Å². The molecule has 0 unspecified atom stereocenters. The SMILES string of the molecule is CC(C)c1ccc(N(CCc2ccccn2)S(C)(=O)=O)cc1. The van der Waals surface area contributed by atoms with Gasteiger partial charge in [0.1, 0.15) is 0 Å². The van der Waals surface area contributed by atoms with E-state index in [4.69, 9.17) is 0 Å². The summed E-state index contributed by atoms with van der Waals surface area (Å²) < 4.78 is 25.6. The first-order valence-electron chi connectivity index (χ1n) is 7.35. The highest BCUT2D eigenvalue weighted by Crippen LogP contribution is 2.22. The topological polar surface area (TPSA) is 50.3 Å². The zero-order valence-electron chi connectivity index (χ0n) is 13.2. The van der Waals surface area contributed by atoms with Crippen LogP contribution in [0.15, 0.2) is 48.7 Å². The van der Waals surface area contributed by atoms with E-state index < -0.39 is 10.0 Å². The smallest absolute Gasteiger partial charge is 0.232 e. The number of anilines is 1. The highest BCUT2D eigenvalue weighted by molar-refractivity contribution is 7.92. The van der Waals surface area contributed by atoms with Crippen LogP contribution in [0.4, 0.5) is 5.69 Å². The highest BCUT2D eigenvalue weighted by atomic mass is 32.2. The fourth-order valence-electron chi connectivity index (χ4n) is 2.27. The Morgan fingerprint density at radius 3 is 2.27 bits per heavy atom. The molecule has 0 saturated heterocycles. The van der Waals surface area contributed by atoms with Crippen LogP contribution in [-0.2, 0) is 16.4 Å². The third-order valence-electron chi connectivity index (χ3n) is 3.55. The van der Waals surface area contributed by atoms with E-state index in [0.717, 1.165) is 5.69 Å². The first-order chi connectivity index (χ1) is 10.4. The van der Waals surface area contributed by atoms with E-state index in [1.165, 1.54) is 16.1 Å². The lowest BCUT2D eigenvalue weighted by atomic mass is 10.0. The molecule has 0 bridgehead atoms. The summed E-state index contributed by atoms with van der Waals surface area (Å²) in [4.78, 5) is 4.24. The summed E-state index contributed by atoms with van der Waals surface area (Å²) in [6.07, 6.45) is 3.54. The van der Waals surface area contributed by atoms with Crippen molar-refractivity contribution in [2.24, 2.45) is 0 Å². The number of aromatic nitrogens is 1. The molecule has 118 valence electrons. The van der Waals surface area contributed by atoms with Crippen molar-refractivity contribution >= 4 is 15.7 Å². The largest absolute Gasteiger partial charge is 0.270 e. The summed E-state index contributed by atoms with van der Waals surface area (Å²) in [6, 6.07) is 13.4. The van der Waals surface area contributed by atoms with Gasteiger partial charge in [-0.1, -0.05) is 32.0 Å².